The van der Waals surface area contributed by atoms with Crippen molar-refractivity contribution >= 4 is 23.6 Å². The third-order valence-corrected chi connectivity index (χ3v) is 7.85. The summed E-state index contributed by atoms with van der Waals surface area (Å²) in [4.78, 5) is 53.0. The number of benzene rings is 1. The Morgan fingerprint density at radius 3 is 2.36 bits per heavy atom. The summed E-state index contributed by atoms with van der Waals surface area (Å²) in [6, 6.07) is 4.98. The van der Waals surface area contributed by atoms with Gasteiger partial charge in [0.2, 0.25) is 17.7 Å². The smallest absolute Gasteiger partial charge is 0.258 e. The third-order valence-electron chi connectivity index (χ3n) is 7.85. The molecule has 11 nitrogen and oxygen atoms in total. The molecule has 4 N–H and O–H groups in total. The molecule has 0 radical (unpaired) electrons. The van der Waals surface area contributed by atoms with Gasteiger partial charge >= 0.3 is 0 Å². The summed E-state index contributed by atoms with van der Waals surface area (Å²) in [5.74, 6) is -1.34. The van der Waals surface area contributed by atoms with E-state index in [0.29, 0.717) is 31.7 Å². The summed E-state index contributed by atoms with van der Waals surface area (Å²) in [5.41, 5.74) is 3.98. The first-order chi connectivity index (χ1) is 21.3. The minimum Gasteiger partial charge on any atom is -0.490 e. The molecule has 0 bridgehead atoms. The first-order valence-electron chi connectivity index (χ1n) is 15.8. The Hall–Kier alpha value is -3.70. The zero-order chi connectivity index (χ0) is 33.7. The molecule has 0 saturated carbocycles. The average Bonchev–Trinajstić information content (AvgIpc) is 3.02. The van der Waals surface area contributed by atoms with E-state index in [9.17, 15) is 19.2 Å². The SMILES string of the molecule is C=CCOc1cccc([C@H](NC(=O)[C@@H]2CCCN(C(=O)[C@H](C)NC(=O)[C@@H](NC(=O)[C@H](C)C(/C=C/C)OC)C(C)C)N2)C(C)C)c1. The molecule has 0 spiro atoms. The standard InChI is InChI=1S/C34H53N5O6/c1-10-14-28(44-9)23(7)31(40)37-30(22(5)6)33(42)35-24(8)34(43)39-18-13-17-27(38-39)32(41)36-29(21(3)4)25-15-12-16-26(20-25)45-19-11-2/h10-12,14-16,20-24,27-30,38H,2,13,17-19H2,1,3-9H3,(H,35,42)(H,36,41)(H,37,40)/b14-10+/t23-,24+,27+,28?,29-,30+/m1/s1. The molecule has 1 aliphatic heterocycles. The van der Waals surface area contributed by atoms with E-state index in [4.69, 9.17) is 9.47 Å². The van der Waals surface area contributed by atoms with Crippen LogP contribution in [0.3, 0.4) is 0 Å². The van der Waals surface area contributed by atoms with Gasteiger partial charge in [-0.15, -0.1) is 0 Å². The lowest BCUT2D eigenvalue weighted by Crippen LogP contribution is -2.62. The van der Waals surface area contributed by atoms with Crippen LogP contribution in [0.4, 0.5) is 0 Å². The maximum Gasteiger partial charge on any atom is 0.258 e. The Labute approximate surface area is 268 Å². The second kappa shape index (κ2) is 18.3. The fourth-order valence-electron chi connectivity index (χ4n) is 5.18. The number of amides is 4. The minimum absolute atomic E-state index is 0.0982. The number of allylic oxidation sites excluding steroid dienone is 1. The molecule has 1 heterocycles. The largest absolute Gasteiger partial charge is 0.490 e. The molecule has 4 amide bonds. The van der Waals surface area contributed by atoms with Gasteiger partial charge in [-0.2, -0.15) is 0 Å². The Morgan fingerprint density at radius 1 is 1.04 bits per heavy atom. The average molecular weight is 628 g/mol. The van der Waals surface area contributed by atoms with Crippen LogP contribution in [-0.2, 0) is 23.9 Å². The number of carbonyl (C=O) groups excluding carboxylic acids is 4. The van der Waals surface area contributed by atoms with Gasteiger partial charge in [0.25, 0.3) is 5.91 Å². The molecule has 0 aliphatic carbocycles. The molecule has 1 aromatic rings. The molecule has 1 unspecified atom stereocenters. The lowest BCUT2D eigenvalue weighted by molar-refractivity contribution is -0.143. The fourth-order valence-corrected chi connectivity index (χ4v) is 5.18. The Morgan fingerprint density at radius 2 is 1.76 bits per heavy atom. The topological polar surface area (TPSA) is 138 Å². The van der Waals surface area contributed by atoms with Gasteiger partial charge in [-0.3, -0.25) is 24.2 Å². The highest BCUT2D eigenvalue weighted by Crippen LogP contribution is 2.26. The quantitative estimate of drug-likeness (QED) is 0.206. The summed E-state index contributed by atoms with van der Waals surface area (Å²) >= 11 is 0. The van der Waals surface area contributed by atoms with Crippen LogP contribution in [0, 0.1) is 17.8 Å². The molecule has 2 rings (SSSR count). The molecular formula is C34H53N5O6. The number of rotatable bonds is 16. The van der Waals surface area contributed by atoms with Crippen LogP contribution >= 0.6 is 0 Å². The van der Waals surface area contributed by atoms with Crippen molar-refractivity contribution in [3.63, 3.8) is 0 Å². The molecular weight excluding hydrogens is 574 g/mol. The van der Waals surface area contributed by atoms with Crippen molar-refractivity contribution in [1.82, 2.24) is 26.4 Å². The van der Waals surface area contributed by atoms with Gasteiger partial charge in [-0.25, -0.2) is 5.43 Å². The van der Waals surface area contributed by atoms with E-state index in [0.717, 1.165) is 5.56 Å². The van der Waals surface area contributed by atoms with Crippen LogP contribution < -0.4 is 26.1 Å². The zero-order valence-electron chi connectivity index (χ0n) is 28.1. The van der Waals surface area contributed by atoms with Crippen molar-refractivity contribution in [2.24, 2.45) is 17.8 Å². The molecule has 45 heavy (non-hydrogen) atoms. The Bertz CT molecular complexity index is 1190. The highest BCUT2D eigenvalue weighted by atomic mass is 16.5. The number of nitrogens with one attached hydrogen (secondary N) is 4. The molecule has 1 saturated heterocycles. The number of carbonyl (C=O) groups is 4. The van der Waals surface area contributed by atoms with Crippen molar-refractivity contribution < 1.29 is 28.7 Å². The van der Waals surface area contributed by atoms with Crippen LogP contribution in [0.1, 0.15) is 72.9 Å². The Kier molecular flexibility index (Phi) is 15.3. The van der Waals surface area contributed by atoms with E-state index in [-0.39, 0.29) is 35.6 Å². The van der Waals surface area contributed by atoms with Gasteiger partial charge < -0.3 is 25.4 Å². The number of hydrogen-bond donors (Lipinski definition) is 4. The minimum atomic E-state index is -0.890. The number of nitrogens with zero attached hydrogens (tertiary/aromatic N) is 1. The second-order valence-electron chi connectivity index (χ2n) is 12.2. The van der Waals surface area contributed by atoms with Crippen LogP contribution in [-0.4, -0.2) is 73.1 Å². The van der Waals surface area contributed by atoms with Crippen molar-refractivity contribution in [3.8, 4) is 5.75 Å². The first kappa shape index (κ1) is 37.5. The van der Waals surface area contributed by atoms with E-state index in [1.165, 1.54) is 12.1 Å². The summed E-state index contributed by atoms with van der Waals surface area (Å²) in [5, 5.41) is 10.1. The van der Waals surface area contributed by atoms with Crippen molar-refractivity contribution in [2.45, 2.75) is 91.6 Å². The van der Waals surface area contributed by atoms with Crippen molar-refractivity contribution in [2.75, 3.05) is 20.3 Å². The monoisotopic (exact) mass is 627 g/mol. The molecule has 1 aromatic carbocycles. The predicted octanol–water partition coefficient (Wildman–Crippen LogP) is 3.43. The van der Waals surface area contributed by atoms with Crippen LogP contribution in [0.25, 0.3) is 0 Å². The molecule has 250 valence electrons. The normalized spacial score (nSPS) is 18.5. The molecule has 1 aliphatic rings. The molecule has 11 heteroatoms. The van der Waals surface area contributed by atoms with E-state index in [1.807, 2.05) is 65.0 Å². The summed E-state index contributed by atoms with van der Waals surface area (Å²) in [7, 11) is 1.53. The molecule has 0 aromatic heterocycles. The summed E-state index contributed by atoms with van der Waals surface area (Å²) in [6.07, 6.45) is 6.01. The molecule has 6 atom stereocenters. The summed E-state index contributed by atoms with van der Waals surface area (Å²) < 4.78 is 11.1. The fraction of sp³-hybridized carbons (Fsp3) is 0.588. The van der Waals surface area contributed by atoms with E-state index < -0.39 is 36.1 Å². The van der Waals surface area contributed by atoms with Crippen molar-refractivity contribution in [1.29, 1.82) is 0 Å². The van der Waals surface area contributed by atoms with Gasteiger partial charge in [0.15, 0.2) is 0 Å². The van der Waals surface area contributed by atoms with Gasteiger partial charge in [0.1, 0.15) is 30.5 Å². The van der Waals surface area contributed by atoms with Gasteiger partial charge in [-0.1, -0.05) is 71.6 Å². The van der Waals surface area contributed by atoms with Gasteiger partial charge in [0, 0.05) is 13.7 Å². The van der Waals surface area contributed by atoms with E-state index in [2.05, 4.69) is 28.0 Å². The number of ether oxygens (including phenoxy) is 2. The van der Waals surface area contributed by atoms with Crippen LogP contribution in [0.2, 0.25) is 0 Å². The van der Waals surface area contributed by atoms with Crippen molar-refractivity contribution in [3.05, 3.63) is 54.6 Å². The highest BCUT2D eigenvalue weighted by Gasteiger charge is 2.34. The number of hydrogen-bond acceptors (Lipinski definition) is 7. The predicted molar refractivity (Wildman–Crippen MR) is 175 cm³/mol. The third kappa shape index (κ3) is 11.0. The van der Waals surface area contributed by atoms with E-state index >= 15 is 0 Å². The lowest BCUT2D eigenvalue weighted by Gasteiger charge is -2.36. The van der Waals surface area contributed by atoms with Crippen LogP contribution in [0.15, 0.2) is 49.1 Å². The maximum absolute atomic E-state index is 13.4. The zero-order valence-corrected chi connectivity index (χ0v) is 28.1. The van der Waals surface area contributed by atoms with E-state index in [1.54, 1.807) is 26.0 Å². The Balaban J connectivity index is 2.04. The highest BCUT2D eigenvalue weighted by molar-refractivity contribution is 5.92. The second-order valence-corrected chi connectivity index (χ2v) is 12.2. The number of methoxy groups -OCH3 is 1. The van der Waals surface area contributed by atoms with Crippen LogP contribution in [0.5, 0.6) is 5.75 Å². The number of hydrazine groups is 1. The first-order valence-corrected chi connectivity index (χ1v) is 15.8. The maximum atomic E-state index is 13.4. The van der Waals surface area contributed by atoms with Gasteiger partial charge in [-0.05, 0) is 56.2 Å². The molecule has 1 fully saturated rings. The lowest BCUT2D eigenvalue weighted by atomic mass is 9.95. The summed E-state index contributed by atoms with van der Waals surface area (Å²) in [6.45, 7) is 17.3. The van der Waals surface area contributed by atoms with Gasteiger partial charge in [0.05, 0.1) is 18.1 Å².